The Morgan fingerprint density at radius 1 is 1.33 bits per heavy atom. The van der Waals surface area contributed by atoms with E-state index >= 15 is 0 Å². The van der Waals surface area contributed by atoms with Crippen molar-refractivity contribution < 1.29 is 14.6 Å². The predicted molar refractivity (Wildman–Crippen MR) is 104 cm³/mol. The number of carboxylic acid groups (broad SMARTS) is 1. The molecule has 0 unspecified atom stereocenters. The van der Waals surface area contributed by atoms with Gasteiger partial charge in [0.2, 0.25) is 0 Å². The van der Waals surface area contributed by atoms with Gasteiger partial charge in [0.1, 0.15) is 11.3 Å². The number of benzene rings is 1. The summed E-state index contributed by atoms with van der Waals surface area (Å²) in [6.07, 6.45) is 4.53. The third-order valence-corrected chi connectivity index (χ3v) is 6.40. The molecule has 0 radical (unpaired) electrons. The lowest BCUT2D eigenvalue weighted by molar-refractivity contribution is 0.0693. The number of pyridine rings is 1. The van der Waals surface area contributed by atoms with Crippen LogP contribution in [-0.4, -0.2) is 22.8 Å². The molecule has 5 nitrogen and oxygen atoms in total. The molecule has 2 atom stereocenters. The van der Waals surface area contributed by atoms with Crippen molar-refractivity contribution in [2.24, 2.45) is 5.41 Å². The Balaban J connectivity index is 2.07. The zero-order valence-corrected chi connectivity index (χ0v) is 16.2. The Hall–Kier alpha value is -2.56. The van der Waals surface area contributed by atoms with Crippen LogP contribution >= 0.6 is 0 Å². The molecule has 2 heterocycles. The minimum atomic E-state index is -1.17. The number of aryl methyl sites for hydroxylation is 1. The molecule has 5 heteroatoms. The second kappa shape index (κ2) is 5.98. The molecule has 0 amide bonds. The molecule has 1 saturated carbocycles. The third-order valence-electron chi connectivity index (χ3n) is 6.40. The summed E-state index contributed by atoms with van der Waals surface area (Å²) in [5.41, 5.74) is 3.60. The Labute approximate surface area is 158 Å². The zero-order valence-electron chi connectivity index (χ0n) is 16.2. The van der Waals surface area contributed by atoms with Crippen molar-refractivity contribution in [3.05, 3.63) is 51.3 Å². The van der Waals surface area contributed by atoms with Gasteiger partial charge < -0.3 is 14.4 Å². The van der Waals surface area contributed by atoms with Gasteiger partial charge in [0, 0.05) is 29.8 Å². The van der Waals surface area contributed by atoms with Gasteiger partial charge in [-0.15, -0.1) is 0 Å². The van der Waals surface area contributed by atoms with Crippen LogP contribution in [0, 0.1) is 5.41 Å². The van der Waals surface area contributed by atoms with Gasteiger partial charge in [0.15, 0.2) is 5.43 Å². The van der Waals surface area contributed by atoms with Gasteiger partial charge in [-0.3, -0.25) is 4.79 Å². The van der Waals surface area contributed by atoms with E-state index in [0.29, 0.717) is 5.92 Å². The molecule has 2 aromatic rings. The molecule has 0 saturated heterocycles. The summed E-state index contributed by atoms with van der Waals surface area (Å²) < 4.78 is 7.62. The number of fused-ring (bicyclic) bond motifs is 6. The Kier molecular flexibility index (Phi) is 3.95. The molecule has 0 spiro atoms. The first-order valence-corrected chi connectivity index (χ1v) is 9.49. The van der Waals surface area contributed by atoms with E-state index in [-0.39, 0.29) is 17.0 Å². The van der Waals surface area contributed by atoms with E-state index in [1.54, 1.807) is 13.3 Å². The largest absolute Gasteiger partial charge is 0.496 e. The Morgan fingerprint density at radius 3 is 2.70 bits per heavy atom. The molecule has 1 fully saturated rings. The van der Waals surface area contributed by atoms with Gasteiger partial charge in [0.05, 0.1) is 12.8 Å². The molecule has 142 valence electrons. The lowest BCUT2D eigenvalue weighted by atomic mass is 9.77. The van der Waals surface area contributed by atoms with Gasteiger partial charge in [-0.1, -0.05) is 26.8 Å². The molecule has 1 aliphatic heterocycles. The SMILES string of the molecule is CCc1cc2c(cc1OC)-c1cc(=O)c(C(=O)O)cn1[C@@H]1[C@H]2CCC1(C)C. The molecule has 1 aromatic carbocycles. The number of carboxylic acids is 1. The van der Waals surface area contributed by atoms with Crippen LogP contribution in [0.4, 0.5) is 0 Å². The second-order valence-electron chi connectivity index (χ2n) is 8.33. The average Bonchev–Trinajstić information content (AvgIpc) is 2.95. The van der Waals surface area contributed by atoms with Crippen molar-refractivity contribution in [3.63, 3.8) is 0 Å². The fraction of sp³-hybridized carbons (Fsp3) is 0.455. The Morgan fingerprint density at radius 2 is 2.07 bits per heavy atom. The normalized spacial score (nSPS) is 21.9. The number of aromatic carboxylic acids is 1. The van der Waals surface area contributed by atoms with E-state index in [2.05, 4.69) is 26.8 Å². The monoisotopic (exact) mass is 367 g/mol. The number of hydrogen-bond acceptors (Lipinski definition) is 3. The number of aromatic nitrogens is 1. The summed E-state index contributed by atoms with van der Waals surface area (Å²) in [5, 5.41) is 9.45. The van der Waals surface area contributed by atoms with Gasteiger partial charge >= 0.3 is 5.97 Å². The molecular weight excluding hydrogens is 342 g/mol. The summed E-state index contributed by atoms with van der Waals surface area (Å²) in [5.74, 6) is -0.0523. The maximum atomic E-state index is 12.4. The summed E-state index contributed by atoms with van der Waals surface area (Å²) in [6, 6.07) is 5.86. The van der Waals surface area contributed by atoms with Crippen LogP contribution in [0.5, 0.6) is 5.75 Å². The minimum absolute atomic E-state index is 0.0221. The predicted octanol–water partition coefficient (Wildman–Crippen LogP) is 4.24. The highest BCUT2D eigenvalue weighted by Crippen LogP contribution is 2.59. The van der Waals surface area contributed by atoms with Gasteiger partial charge in [-0.25, -0.2) is 4.79 Å². The fourth-order valence-corrected chi connectivity index (χ4v) is 5.07. The smallest absolute Gasteiger partial charge is 0.341 e. The highest BCUT2D eigenvalue weighted by molar-refractivity contribution is 5.88. The number of methoxy groups -OCH3 is 1. The van der Waals surface area contributed by atoms with Crippen molar-refractivity contribution in [3.8, 4) is 17.0 Å². The molecule has 4 rings (SSSR count). The fourth-order valence-electron chi connectivity index (χ4n) is 5.07. The van der Waals surface area contributed by atoms with E-state index < -0.39 is 11.4 Å². The van der Waals surface area contributed by atoms with Crippen molar-refractivity contribution >= 4 is 5.97 Å². The Bertz CT molecular complexity index is 1000. The molecule has 0 bridgehead atoms. The van der Waals surface area contributed by atoms with Crippen LogP contribution in [0.1, 0.15) is 67.1 Å². The second-order valence-corrected chi connectivity index (χ2v) is 8.33. The zero-order chi connectivity index (χ0) is 19.5. The molecule has 1 aromatic heterocycles. The van der Waals surface area contributed by atoms with E-state index in [1.165, 1.54) is 11.6 Å². The van der Waals surface area contributed by atoms with Crippen LogP contribution in [0.3, 0.4) is 0 Å². The number of nitrogens with zero attached hydrogens (tertiary/aromatic N) is 1. The average molecular weight is 367 g/mol. The summed E-state index contributed by atoms with van der Waals surface area (Å²) in [7, 11) is 1.66. The van der Waals surface area contributed by atoms with Crippen LogP contribution in [-0.2, 0) is 6.42 Å². The van der Waals surface area contributed by atoms with Gasteiger partial charge in [-0.2, -0.15) is 0 Å². The quantitative estimate of drug-likeness (QED) is 0.881. The number of carbonyl (C=O) groups is 1. The van der Waals surface area contributed by atoms with E-state index in [4.69, 9.17) is 4.74 Å². The maximum absolute atomic E-state index is 12.4. The van der Waals surface area contributed by atoms with Crippen molar-refractivity contribution in [1.29, 1.82) is 0 Å². The summed E-state index contributed by atoms with van der Waals surface area (Å²) >= 11 is 0. The van der Waals surface area contributed by atoms with Crippen LogP contribution in [0.15, 0.2) is 29.2 Å². The topological polar surface area (TPSA) is 68.5 Å². The highest BCUT2D eigenvalue weighted by atomic mass is 16.5. The van der Waals surface area contributed by atoms with Gasteiger partial charge in [-0.05, 0) is 41.9 Å². The highest BCUT2D eigenvalue weighted by Gasteiger charge is 2.47. The molecule has 1 N–H and O–H groups in total. The van der Waals surface area contributed by atoms with Crippen molar-refractivity contribution in [2.75, 3.05) is 7.11 Å². The summed E-state index contributed by atoms with van der Waals surface area (Å²) in [6.45, 7) is 6.57. The molecule has 1 aliphatic carbocycles. The number of rotatable bonds is 3. The first-order valence-electron chi connectivity index (χ1n) is 9.49. The standard InChI is InChI=1S/C22H25NO4/c1-5-12-8-14-13-6-7-22(2,3)20(13)23-11-16(21(25)26)18(24)10-17(23)15(14)9-19(12)27-4/h8-11,13,20H,5-7H2,1-4H3,(H,25,26)/t13-,20+/m0/s1. The molecular formula is C22H25NO4. The van der Waals surface area contributed by atoms with Crippen LogP contribution in [0.2, 0.25) is 0 Å². The lowest BCUT2D eigenvalue weighted by Crippen LogP contribution is -2.32. The minimum Gasteiger partial charge on any atom is -0.496 e. The van der Waals surface area contributed by atoms with Crippen LogP contribution in [0.25, 0.3) is 11.3 Å². The number of ether oxygens (including phenoxy) is 1. The van der Waals surface area contributed by atoms with E-state index in [9.17, 15) is 14.7 Å². The molecule has 27 heavy (non-hydrogen) atoms. The first kappa shape index (κ1) is 17.8. The van der Waals surface area contributed by atoms with Gasteiger partial charge in [0.25, 0.3) is 0 Å². The molecule has 2 aliphatic rings. The number of hydrogen-bond donors (Lipinski definition) is 1. The van der Waals surface area contributed by atoms with Crippen molar-refractivity contribution in [1.82, 2.24) is 4.57 Å². The maximum Gasteiger partial charge on any atom is 0.341 e. The van der Waals surface area contributed by atoms with Crippen LogP contribution < -0.4 is 10.2 Å². The summed E-state index contributed by atoms with van der Waals surface area (Å²) in [4.78, 5) is 24.0. The third kappa shape index (κ3) is 2.52. The van der Waals surface area contributed by atoms with E-state index in [1.807, 2.05) is 10.6 Å². The first-order chi connectivity index (χ1) is 12.8. The van der Waals surface area contributed by atoms with E-state index in [0.717, 1.165) is 41.8 Å². The lowest BCUT2D eigenvalue weighted by Gasteiger charge is -2.40. The van der Waals surface area contributed by atoms with Crippen molar-refractivity contribution in [2.45, 2.75) is 52.0 Å².